The molecule has 0 aliphatic carbocycles. The van der Waals surface area contributed by atoms with Crippen molar-refractivity contribution in [3.8, 4) is 17.4 Å². The van der Waals surface area contributed by atoms with Crippen LogP contribution in [0, 0.1) is 25.2 Å². The summed E-state index contributed by atoms with van der Waals surface area (Å²) in [5.74, 6) is 6.28. The van der Waals surface area contributed by atoms with Crippen LogP contribution in [0.4, 0.5) is 23.0 Å². The number of nitrogens with two attached hydrogens (primary N) is 3. The molecule has 0 spiro atoms. The van der Waals surface area contributed by atoms with E-state index in [4.69, 9.17) is 33.3 Å². The molecule has 0 aliphatic rings. The number of pyridine rings is 4. The molecule has 6 aromatic carbocycles. The van der Waals surface area contributed by atoms with E-state index in [1.54, 1.807) is 70.6 Å². The van der Waals surface area contributed by atoms with Gasteiger partial charge in [0.15, 0.2) is 0 Å². The summed E-state index contributed by atoms with van der Waals surface area (Å²) < 4.78 is 54.1. The van der Waals surface area contributed by atoms with Crippen molar-refractivity contribution >= 4 is 102 Å². The van der Waals surface area contributed by atoms with Gasteiger partial charge in [0.25, 0.3) is 19.1 Å². The molecule has 0 amide bonds. The number of halogens is 1. The van der Waals surface area contributed by atoms with Gasteiger partial charge in [0.05, 0.1) is 72.8 Å². The molecule has 0 aliphatic heterocycles. The van der Waals surface area contributed by atoms with E-state index in [1.165, 1.54) is 19.1 Å². The number of carbonyl (C=O) groups is 1. The molecule has 8 N–H and O–H groups in total. The highest BCUT2D eigenvalue weighted by Crippen LogP contribution is 2.30. The molecule has 0 saturated heterocycles. The molecule has 12 aromatic rings. The van der Waals surface area contributed by atoms with Crippen molar-refractivity contribution in [2.24, 2.45) is 5.84 Å². The monoisotopic (exact) mass is 1260 g/mol. The third kappa shape index (κ3) is 18.0. The van der Waals surface area contributed by atoms with E-state index in [-0.39, 0.29) is 32.8 Å². The van der Waals surface area contributed by atoms with E-state index in [9.17, 15) is 21.6 Å². The summed E-state index contributed by atoms with van der Waals surface area (Å²) in [7, 11) is -2.17. The average molecular weight is 1260 g/mol. The Balaban J connectivity index is 0.000000165. The van der Waals surface area contributed by atoms with Gasteiger partial charge in [-0.3, -0.25) is 35.3 Å². The Bertz CT molecular complexity index is 4690. The number of nitrogens with one attached hydrogen (secondary N) is 2. The summed E-state index contributed by atoms with van der Waals surface area (Å²) in [4.78, 5) is 27.2. The topological polar surface area (TPSA) is 298 Å². The highest BCUT2D eigenvalue weighted by Gasteiger charge is 2.21. The first-order chi connectivity index (χ1) is 42.7. The van der Waals surface area contributed by atoms with Crippen molar-refractivity contribution in [3.63, 3.8) is 0 Å². The van der Waals surface area contributed by atoms with Gasteiger partial charge in [-0.25, -0.2) is 26.2 Å². The highest BCUT2D eigenvalue weighted by atomic mass is 35.7. The number of nitrogens with zero attached hydrogens (tertiary/aromatic N) is 9. The maximum Gasteiger partial charge on any atom is 0.263 e. The Morgan fingerprint density at radius 2 is 0.956 bits per heavy atom. The predicted molar refractivity (Wildman–Crippen MR) is 362 cm³/mol. The largest absolute Gasteiger partial charge is 0.398 e. The van der Waals surface area contributed by atoms with E-state index in [2.05, 4.69) is 81.8 Å². The molecule has 0 radical (unpaired) electrons. The maximum absolute atomic E-state index is 13.1. The Morgan fingerprint density at radius 1 is 0.544 bits per heavy atom. The molecule has 12 rings (SSSR count). The molecule has 0 unspecified atom stereocenters. The zero-order valence-electron chi connectivity index (χ0n) is 51.3. The second-order valence-electron chi connectivity index (χ2n) is 22.5. The number of hydrogen-bond acceptors (Lipinski definition) is 16. The van der Waals surface area contributed by atoms with Crippen molar-refractivity contribution in [1.29, 1.82) is 5.26 Å². The summed E-state index contributed by atoms with van der Waals surface area (Å²) in [5.41, 5.74) is 25.1. The molecule has 0 atom stereocenters. The number of anilines is 4. The van der Waals surface area contributed by atoms with E-state index < -0.39 is 19.1 Å². The molecule has 0 fully saturated rings. The van der Waals surface area contributed by atoms with Crippen molar-refractivity contribution in [2.75, 3.05) is 21.6 Å². The summed E-state index contributed by atoms with van der Waals surface area (Å²) >= 11 is 0. The standard InChI is InChI=1S/C23H24N4O2S.C13H12N4.C10H13ClO2S.C9H9N3.C9H8N2.C4H5NO/c1-16-15-22(26-30(28,29)18-12-10-17(11-13-18)23(2,3)4)27(25-16)21-9-5-8-20-19(21)7-6-14-24-20;1-9-8-13(14)17(16-9)12-6-2-5-11-10(12)4-3-7-15-11;1-10(2,3)8-4-6-9(7-5-8)14(11,12)13;10-12-9-5-1-4-8-7(9)3-2-6-11-8;10-8-4-1-5-9-7(8)3-2-6-11-9;1-4(6)2-3-5/h5-15,26H,1-4H3;2-8H,14H2,1H3;4-7H,1-3H3;1-6,12H,10H2;1-6H,10H2;2H2,1H3. The average Bonchev–Trinajstić information content (AvgIpc) is 1.75. The number of ketones is 1. The Labute approximate surface area is 529 Å². The summed E-state index contributed by atoms with van der Waals surface area (Å²) in [6, 6.07) is 57.5. The minimum Gasteiger partial charge on any atom is -0.398 e. The van der Waals surface area contributed by atoms with Crippen LogP contribution < -0.4 is 27.5 Å². The van der Waals surface area contributed by atoms with Gasteiger partial charge in [-0.05, 0) is 164 Å². The van der Waals surface area contributed by atoms with Crippen LogP contribution in [0.15, 0.2) is 217 Å². The first kappa shape index (κ1) is 67.4. The third-order valence-corrected chi connectivity index (χ3v) is 16.2. The Morgan fingerprint density at radius 3 is 1.38 bits per heavy atom. The molecule has 0 bridgehead atoms. The summed E-state index contributed by atoms with van der Waals surface area (Å²) in [6.45, 7) is 17.6. The minimum atomic E-state index is -3.77. The number of benzene rings is 6. The predicted octanol–water partition coefficient (Wildman–Crippen LogP) is 13.9. The van der Waals surface area contributed by atoms with Crippen molar-refractivity contribution in [3.05, 3.63) is 229 Å². The van der Waals surface area contributed by atoms with Gasteiger partial charge in [-0.1, -0.05) is 90.1 Å². The fourth-order valence-corrected chi connectivity index (χ4v) is 10.7. The van der Waals surface area contributed by atoms with Crippen LogP contribution >= 0.6 is 10.7 Å². The SMILES string of the molecule is CC(=O)CC#N.CC(C)(C)c1ccc(S(=O)(=O)Cl)cc1.Cc1cc(N)n(-c2cccc3ncccc23)n1.Cc1cc(NS(=O)(=O)c2ccc(C(C)(C)C)cc2)n(-c2cccc3ncccc23)n1.NNc1cccc2ncccc12.Nc1cccc2ncccc12. The number of hydrazine groups is 1. The molecule has 90 heavy (non-hydrogen) atoms. The number of rotatable bonds is 8. The molecule has 19 nitrogen and oxygen atoms in total. The van der Waals surface area contributed by atoms with Gasteiger partial charge < -0.3 is 16.9 Å². The van der Waals surface area contributed by atoms with Crippen molar-refractivity contribution in [1.82, 2.24) is 39.5 Å². The summed E-state index contributed by atoms with van der Waals surface area (Å²) in [5, 5.41) is 20.7. The molecule has 22 heteroatoms. The van der Waals surface area contributed by atoms with E-state index >= 15 is 0 Å². The van der Waals surface area contributed by atoms with Crippen LogP contribution in [0.3, 0.4) is 0 Å². The smallest absolute Gasteiger partial charge is 0.263 e. The lowest BCUT2D eigenvalue weighted by Gasteiger charge is -2.19. The second-order valence-corrected chi connectivity index (χ2v) is 26.7. The van der Waals surface area contributed by atoms with Crippen LogP contribution in [0.5, 0.6) is 0 Å². The highest BCUT2D eigenvalue weighted by molar-refractivity contribution is 8.13. The van der Waals surface area contributed by atoms with Gasteiger partial charge >= 0.3 is 0 Å². The van der Waals surface area contributed by atoms with Crippen molar-refractivity contribution < 1.29 is 21.6 Å². The lowest BCUT2D eigenvalue weighted by Crippen LogP contribution is -2.17. The fraction of sp³-hybridized carbons (Fsp3) is 0.176. The molecular weight excluding hydrogens is 1190 g/mol. The fourth-order valence-electron chi connectivity index (χ4n) is 8.93. The number of nitriles is 1. The normalized spacial score (nSPS) is 11.2. The molecule has 0 saturated carbocycles. The number of hydrogen-bond donors (Lipinski definition) is 5. The molecule has 462 valence electrons. The lowest BCUT2D eigenvalue weighted by atomic mass is 9.87. The van der Waals surface area contributed by atoms with Crippen LogP contribution in [-0.2, 0) is 34.7 Å². The Hall–Kier alpha value is -10.1. The van der Waals surface area contributed by atoms with Crippen LogP contribution in [0.1, 0.15) is 77.4 Å². The molecular formula is C68H71ClN14O5S2. The van der Waals surface area contributed by atoms with Gasteiger partial charge in [0.2, 0.25) is 0 Å². The van der Waals surface area contributed by atoms with Crippen LogP contribution in [-0.4, -0.2) is 62.1 Å². The van der Waals surface area contributed by atoms with Crippen molar-refractivity contribution in [2.45, 2.75) is 89.4 Å². The van der Waals surface area contributed by atoms with E-state index in [1.807, 2.05) is 153 Å². The first-order valence-electron chi connectivity index (χ1n) is 28.2. The number of fused-ring (bicyclic) bond motifs is 4. The van der Waals surface area contributed by atoms with Crippen LogP contribution in [0.25, 0.3) is 55.0 Å². The number of Topliss-reactive ketones (excluding diaryl/α,β-unsaturated/α-hetero) is 1. The second kappa shape index (κ2) is 29.7. The minimum absolute atomic E-state index is 0.0224. The number of carbonyl (C=O) groups excluding carboxylic acids is 1. The number of nitrogen functional groups attached to an aromatic ring is 3. The van der Waals surface area contributed by atoms with Gasteiger partial charge in [-0.15, -0.1) is 0 Å². The third-order valence-electron chi connectivity index (χ3n) is 13.5. The molecule has 6 heterocycles. The quantitative estimate of drug-likeness (QED) is 0.0409. The zero-order valence-corrected chi connectivity index (χ0v) is 53.7. The number of aromatic nitrogens is 8. The Kier molecular flexibility index (Phi) is 22.3. The summed E-state index contributed by atoms with van der Waals surface area (Å²) in [6.07, 6.45) is 7.08. The van der Waals surface area contributed by atoms with Gasteiger partial charge in [0.1, 0.15) is 17.4 Å². The maximum atomic E-state index is 13.1. The first-order valence-corrected chi connectivity index (χ1v) is 32.0. The van der Waals surface area contributed by atoms with E-state index in [0.29, 0.717) is 17.3 Å². The van der Waals surface area contributed by atoms with Crippen LogP contribution in [0.2, 0.25) is 0 Å². The van der Waals surface area contributed by atoms with E-state index in [0.717, 1.165) is 83.2 Å². The van der Waals surface area contributed by atoms with Gasteiger partial charge in [-0.2, -0.15) is 15.5 Å². The van der Waals surface area contributed by atoms with Gasteiger partial charge in [0, 0.05) is 74.8 Å². The lowest BCUT2D eigenvalue weighted by molar-refractivity contribution is -0.116. The zero-order chi connectivity index (χ0) is 65.4. The number of aryl methyl sites for hydroxylation is 2. The number of sulfonamides is 1. The molecule has 6 aromatic heterocycles.